The number of ether oxygens (including phenoxy) is 1. The first kappa shape index (κ1) is 17.5. The molecule has 1 fully saturated rings. The number of piperidine rings is 1. The Morgan fingerprint density at radius 2 is 2.24 bits per heavy atom. The van der Waals surface area contributed by atoms with Gasteiger partial charge in [0.2, 0.25) is 0 Å². The Morgan fingerprint density at radius 1 is 1.40 bits per heavy atom. The van der Waals surface area contributed by atoms with Crippen molar-refractivity contribution >= 4 is 5.91 Å². The summed E-state index contributed by atoms with van der Waals surface area (Å²) in [5, 5.41) is 7.03. The number of benzene rings is 1. The number of carbonyl (C=O) groups is 1. The summed E-state index contributed by atoms with van der Waals surface area (Å²) in [6, 6.07) is 8.07. The number of aromatic amines is 1. The van der Waals surface area contributed by atoms with Crippen LogP contribution in [0.2, 0.25) is 0 Å². The van der Waals surface area contributed by atoms with Gasteiger partial charge in [0.25, 0.3) is 5.91 Å². The zero-order chi connectivity index (χ0) is 17.6. The van der Waals surface area contributed by atoms with Crippen molar-refractivity contribution < 1.29 is 9.53 Å². The van der Waals surface area contributed by atoms with Crippen molar-refractivity contribution in [3.8, 4) is 5.75 Å². The average molecular weight is 341 g/mol. The maximum Gasteiger partial charge on any atom is 0.257 e. The molecule has 1 aliphatic heterocycles. The fourth-order valence-electron chi connectivity index (χ4n) is 3.42. The third kappa shape index (κ3) is 4.21. The Hall–Kier alpha value is -2.30. The van der Waals surface area contributed by atoms with Crippen molar-refractivity contribution in [2.75, 3.05) is 19.7 Å². The Balaban J connectivity index is 1.60. The molecule has 5 nitrogen and oxygen atoms in total. The highest BCUT2D eigenvalue weighted by Crippen LogP contribution is 2.22. The monoisotopic (exact) mass is 341 g/mol. The van der Waals surface area contributed by atoms with Gasteiger partial charge < -0.3 is 9.64 Å². The Labute approximate surface area is 149 Å². The van der Waals surface area contributed by atoms with Gasteiger partial charge in [-0.3, -0.25) is 9.89 Å². The van der Waals surface area contributed by atoms with Gasteiger partial charge in [0, 0.05) is 24.7 Å². The van der Waals surface area contributed by atoms with Crippen molar-refractivity contribution in [1.29, 1.82) is 0 Å². The number of amides is 1. The summed E-state index contributed by atoms with van der Waals surface area (Å²) in [5.74, 6) is 1.41. The molecule has 2 aromatic rings. The van der Waals surface area contributed by atoms with Gasteiger partial charge >= 0.3 is 0 Å². The summed E-state index contributed by atoms with van der Waals surface area (Å²) in [6.07, 6.45) is 5.64. The molecule has 1 aromatic heterocycles. The topological polar surface area (TPSA) is 58.2 Å². The number of H-pyrrole nitrogens is 1. The van der Waals surface area contributed by atoms with Crippen LogP contribution in [0.5, 0.6) is 5.75 Å². The van der Waals surface area contributed by atoms with E-state index in [0.29, 0.717) is 12.5 Å². The van der Waals surface area contributed by atoms with E-state index in [4.69, 9.17) is 4.74 Å². The summed E-state index contributed by atoms with van der Waals surface area (Å²) < 4.78 is 6.00. The highest BCUT2D eigenvalue weighted by molar-refractivity contribution is 5.95. The van der Waals surface area contributed by atoms with Crippen LogP contribution in [-0.4, -0.2) is 40.7 Å². The number of aryl methyl sites for hydroxylation is 2. The van der Waals surface area contributed by atoms with E-state index in [-0.39, 0.29) is 5.91 Å². The molecule has 0 aliphatic carbocycles. The van der Waals surface area contributed by atoms with E-state index in [1.54, 1.807) is 6.20 Å². The normalized spacial score (nSPS) is 17.5. The van der Waals surface area contributed by atoms with E-state index in [9.17, 15) is 4.79 Å². The fourth-order valence-corrected chi connectivity index (χ4v) is 3.42. The molecule has 1 aromatic carbocycles. The summed E-state index contributed by atoms with van der Waals surface area (Å²) in [7, 11) is 0. The first-order valence-electron chi connectivity index (χ1n) is 9.19. The smallest absolute Gasteiger partial charge is 0.257 e. The zero-order valence-electron chi connectivity index (χ0n) is 15.1. The molecular weight excluding hydrogens is 314 g/mol. The molecule has 0 saturated carbocycles. The van der Waals surface area contributed by atoms with Crippen molar-refractivity contribution in [2.24, 2.45) is 5.92 Å². The minimum absolute atomic E-state index is 0.0952. The van der Waals surface area contributed by atoms with E-state index < -0.39 is 0 Å². The van der Waals surface area contributed by atoms with Crippen LogP contribution < -0.4 is 4.74 Å². The number of nitrogens with zero attached hydrogens (tertiary/aromatic N) is 2. The van der Waals surface area contributed by atoms with Crippen LogP contribution in [0.1, 0.15) is 47.8 Å². The van der Waals surface area contributed by atoms with Gasteiger partial charge in [0.1, 0.15) is 5.75 Å². The van der Waals surface area contributed by atoms with Crippen LogP contribution >= 0.6 is 0 Å². The number of rotatable bonds is 6. The molecule has 1 atom stereocenters. The standard InChI is InChI=1S/C20H27N3O2/c1-3-7-18-17(12-21-22-18)20(24)23-11-6-9-16(13-23)14-25-19-10-5-4-8-15(19)2/h4-5,8,10,12,16H,3,6-7,9,11,13-14H2,1-2H3,(H,21,22). The van der Waals surface area contributed by atoms with E-state index >= 15 is 0 Å². The lowest BCUT2D eigenvalue weighted by Crippen LogP contribution is -2.41. The molecule has 1 N–H and O–H groups in total. The quantitative estimate of drug-likeness (QED) is 0.873. The average Bonchev–Trinajstić information content (AvgIpc) is 3.09. The Morgan fingerprint density at radius 3 is 3.04 bits per heavy atom. The number of hydrogen-bond donors (Lipinski definition) is 1. The maximum absolute atomic E-state index is 12.9. The minimum atomic E-state index is 0.0952. The van der Waals surface area contributed by atoms with Crippen LogP contribution in [0.3, 0.4) is 0 Å². The number of carbonyl (C=O) groups excluding carboxylic acids is 1. The van der Waals surface area contributed by atoms with Gasteiger partial charge in [-0.15, -0.1) is 0 Å². The second-order valence-corrected chi connectivity index (χ2v) is 6.85. The van der Waals surface area contributed by atoms with Gasteiger partial charge in [-0.1, -0.05) is 31.5 Å². The van der Waals surface area contributed by atoms with Gasteiger partial charge in [-0.05, 0) is 37.8 Å². The van der Waals surface area contributed by atoms with Crippen LogP contribution in [-0.2, 0) is 6.42 Å². The van der Waals surface area contributed by atoms with Crippen LogP contribution in [0, 0.1) is 12.8 Å². The van der Waals surface area contributed by atoms with Gasteiger partial charge in [-0.2, -0.15) is 5.10 Å². The van der Waals surface area contributed by atoms with Crippen molar-refractivity contribution in [3.05, 3.63) is 47.3 Å². The van der Waals surface area contributed by atoms with Crippen molar-refractivity contribution in [2.45, 2.75) is 39.5 Å². The minimum Gasteiger partial charge on any atom is -0.493 e. The molecule has 0 radical (unpaired) electrons. The second-order valence-electron chi connectivity index (χ2n) is 6.85. The van der Waals surface area contributed by atoms with Gasteiger partial charge in [0.15, 0.2) is 0 Å². The summed E-state index contributed by atoms with van der Waals surface area (Å²) in [6.45, 7) is 6.38. The van der Waals surface area contributed by atoms with E-state index in [1.165, 1.54) is 0 Å². The summed E-state index contributed by atoms with van der Waals surface area (Å²) in [4.78, 5) is 14.8. The third-order valence-electron chi connectivity index (χ3n) is 4.82. The Kier molecular flexibility index (Phi) is 5.74. The van der Waals surface area contributed by atoms with Crippen molar-refractivity contribution in [3.63, 3.8) is 0 Å². The number of likely N-dealkylation sites (tertiary alicyclic amines) is 1. The number of hydrogen-bond acceptors (Lipinski definition) is 3. The molecule has 2 heterocycles. The number of nitrogens with one attached hydrogen (secondary N) is 1. The first-order chi connectivity index (χ1) is 12.2. The van der Waals surface area contributed by atoms with Crippen molar-refractivity contribution in [1.82, 2.24) is 15.1 Å². The van der Waals surface area contributed by atoms with E-state index in [2.05, 4.69) is 30.1 Å². The van der Waals surface area contributed by atoms with Crippen LogP contribution in [0.15, 0.2) is 30.5 Å². The molecule has 0 spiro atoms. The highest BCUT2D eigenvalue weighted by Gasteiger charge is 2.27. The number of para-hydroxylation sites is 1. The lowest BCUT2D eigenvalue weighted by molar-refractivity contribution is 0.0632. The van der Waals surface area contributed by atoms with Gasteiger partial charge in [0.05, 0.1) is 18.4 Å². The zero-order valence-corrected chi connectivity index (χ0v) is 15.1. The lowest BCUT2D eigenvalue weighted by Gasteiger charge is -2.32. The fraction of sp³-hybridized carbons (Fsp3) is 0.500. The molecule has 5 heteroatoms. The SMILES string of the molecule is CCCc1[nH]ncc1C(=O)N1CCCC(COc2ccccc2C)C1. The molecule has 0 bridgehead atoms. The molecule has 1 unspecified atom stereocenters. The molecule has 25 heavy (non-hydrogen) atoms. The molecule has 1 amide bonds. The molecule has 3 rings (SSSR count). The Bertz CT molecular complexity index is 710. The number of aromatic nitrogens is 2. The largest absolute Gasteiger partial charge is 0.493 e. The predicted molar refractivity (Wildman–Crippen MR) is 97.9 cm³/mol. The lowest BCUT2D eigenvalue weighted by atomic mass is 9.98. The maximum atomic E-state index is 12.9. The molecular formula is C20H27N3O2. The van der Waals surface area contributed by atoms with Crippen LogP contribution in [0.25, 0.3) is 0 Å². The third-order valence-corrected chi connectivity index (χ3v) is 4.82. The molecule has 134 valence electrons. The highest BCUT2D eigenvalue weighted by atomic mass is 16.5. The first-order valence-corrected chi connectivity index (χ1v) is 9.19. The van der Waals surface area contributed by atoms with Gasteiger partial charge in [-0.25, -0.2) is 0 Å². The summed E-state index contributed by atoms with van der Waals surface area (Å²) >= 11 is 0. The molecule has 1 aliphatic rings. The predicted octanol–water partition coefficient (Wildman–Crippen LogP) is 3.60. The van der Waals surface area contributed by atoms with E-state index in [0.717, 1.165) is 61.3 Å². The van der Waals surface area contributed by atoms with E-state index in [1.807, 2.05) is 23.1 Å². The molecule has 1 saturated heterocycles. The summed E-state index contributed by atoms with van der Waals surface area (Å²) in [5.41, 5.74) is 2.82. The second kappa shape index (κ2) is 8.19. The van der Waals surface area contributed by atoms with Crippen LogP contribution in [0.4, 0.5) is 0 Å².